The van der Waals surface area contributed by atoms with Gasteiger partial charge in [-0.15, -0.1) is 0 Å². The molecular weight excluding hydrogens is 244 g/mol. The summed E-state index contributed by atoms with van der Waals surface area (Å²) in [5.41, 5.74) is -0.376. The van der Waals surface area contributed by atoms with Gasteiger partial charge < -0.3 is 15.3 Å². The number of carbonyl (C=O) groups is 2. The zero-order valence-corrected chi connectivity index (χ0v) is 12.4. The lowest BCUT2D eigenvalue weighted by Crippen LogP contribution is -2.54. The van der Waals surface area contributed by atoms with Crippen molar-refractivity contribution in [2.24, 2.45) is 5.92 Å². The molecule has 5 nitrogen and oxygen atoms in total. The van der Waals surface area contributed by atoms with Crippen molar-refractivity contribution in [3.8, 4) is 0 Å². The lowest BCUT2D eigenvalue weighted by Gasteiger charge is -2.38. The van der Waals surface area contributed by atoms with Gasteiger partial charge in [-0.05, 0) is 46.5 Å². The highest BCUT2D eigenvalue weighted by Gasteiger charge is 2.30. The number of hydrogen-bond donors (Lipinski definition) is 2. The van der Waals surface area contributed by atoms with Gasteiger partial charge in [-0.2, -0.15) is 0 Å². The van der Waals surface area contributed by atoms with Crippen LogP contribution in [0.15, 0.2) is 0 Å². The Labute approximate surface area is 115 Å². The summed E-state index contributed by atoms with van der Waals surface area (Å²) in [5, 5.41) is 11.8. The third kappa shape index (κ3) is 4.73. The molecule has 0 heterocycles. The Morgan fingerprint density at radius 2 is 1.95 bits per heavy atom. The van der Waals surface area contributed by atoms with Crippen molar-refractivity contribution in [2.45, 2.75) is 65.0 Å². The summed E-state index contributed by atoms with van der Waals surface area (Å²) >= 11 is 0. The van der Waals surface area contributed by atoms with E-state index in [0.29, 0.717) is 5.92 Å². The first-order valence-corrected chi connectivity index (χ1v) is 7.01. The summed E-state index contributed by atoms with van der Waals surface area (Å²) in [7, 11) is 0. The third-order valence-corrected chi connectivity index (χ3v) is 3.81. The van der Waals surface area contributed by atoms with Crippen molar-refractivity contribution >= 4 is 12.0 Å². The topological polar surface area (TPSA) is 69.6 Å². The molecule has 0 radical (unpaired) electrons. The molecule has 0 aromatic heterocycles. The van der Waals surface area contributed by atoms with Gasteiger partial charge in [0.2, 0.25) is 0 Å². The summed E-state index contributed by atoms with van der Waals surface area (Å²) in [5.74, 6) is -0.306. The molecule has 110 valence electrons. The molecule has 2 amide bonds. The quantitative estimate of drug-likeness (QED) is 0.806. The fourth-order valence-electron chi connectivity index (χ4n) is 2.28. The average molecular weight is 270 g/mol. The van der Waals surface area contributed by atoms with Gasteiger partial charge in [-0.3, -0.25) is 4.79 Å². The molecule has 0 saturated heterocycles. The Balaban J connectivity index is 2.57. The summed E-state index contributed by atoms with van der Waals surface area (Å²) < 4.78 is 0. The summed E-state index contributed by atoms with van der Waals surface area (Å²) in [6.45, 7) is 8.02. The van der Waals surface area contributed by atoms with Gasteiger partial charge in [0.05, 0.1) is 6.42 Å². The van der Waals surface area contributed by atoms with Crippen LogP contribution >= 0.6 is 0 Å². The number of urea groups is 1. The molecule has 1 unspecified atom stereocenters. The van der Waals surface area contributed by atoms with E-state index in [1.807, 2.05) is 27.7 Å². The Morgan fingerprint density at radius 1 is 1.37 bits per heavy atom. The van der Waals surface area contributed by atoms with Gasteiger partial charge in [0.25, 0.3) is 0 Å². The summed E-state index contributed by atoms with van der Waals surface area (Å²) in [6, 6.07) is 0.00378. The number of nitrogens with one attached hydrogen (secondary N) is 1. The lowest BCUT2D eigenvalue weighted by molar-refractivity contribution is -0.137. The Hall–Kier alpha value is -1.26. The molecule has 1 atom stereocenters. The van der Waals surface area contributed by atoms with Crippen molar-refractivity contribution in [2.75, 3.05) is 6.54 Å². The molecule has 1 fully saturated rings. The number of aliphatic carboxylic acids is 1. The average Bonchev–Trinajstić information content (AvgIpc) is 2.11. The Kier molecular flexibility index (Phi) is 5.20. The SMILES string of the molecule is CC(NC(=O)N(CCC(=O)O)C(C)(C)C)C1CCC1. The van der Waals surface area contributed by atoms with Crippen LogP contribution in [0.3, 0.4) is 0 Å². The van der Waals surface area contributed by atoms with E-state index in [1.165, 1.54) is 19.3 Å². The van der Waals surface area contributed by atoms with Crippen LogP contribution in [-0.4, -0.2) is 40.1 Å². The third-order valence-electron chi connectivity index (χ3n) is 3.81. The standard InChI is InChI=1S/C14H26N2O3/c1-10(11-6-5-7-11)15-13(19)16(14(2,3)4)9-8-12(17)18/h10-11H,5-9H2,1-4H3,(H,15,19)(H,17,18). The van der Waals surface area contributed by atoms with Crippen molar-refractivity contribution in [1.82, 2.24) is 10.2 Å². The lowest BCUT2D eigenvalue weighted by atomic mass is 9.80. The van der Waals surface area contributed by atoms with E-state index in [0.717, 1.165) is 0 Å². The molecule has 0 aromatic carbocycles. The number of carboxylic acids is 1. The number of carboxylic acid groups (broad SMARTS) is 1. The minimum absolute atomic E-state index is 0.0253. The minimum atomic E-state index is -0.880. The second-order valence-electron chi connectivity index (χ2n) is 6.40. The molecule has 1 aliphatic rings. The van der Waals surface area contributed by atoms with Gasteiger partial charge in [-0.1, -0.05) is 6.42 Å². The number of hydrogen-bond acceptors (Lipinski definition) is 2. The molecule has 2 N–H and O–H groups in total. The van der Waals surface area contributed by atoms with Crippen LogP contribution in [0.25, 0.3) is 0 Å². The van der Waals surface area contributed by atoms with Crippen molar-refractivity contribution in [1.29, 1.82) is 0 Å². The number of carbonyl (C=O) groups excluding carboxylic acids is 1. The van der Waals surface area contributed by atoms with Gasteiger partial charge in [0.15, 0.2) is 0 Å². The Bertz CT molecular complexity index is 332. The molecule has 0 aromatic rings. The van der Waals surface area contributed by atoms with Crippen LogP contribution in [-0.2, 0) is 4.79 Å². The van der Waals surface area contributed by atoms with Gasteiger partial charge in [0, 0.05) is 18.1 Å². The summed E-state index contributed by atoms with van der Waals surface area (Å²) in [6.07, 6.45) is 3.56. The first kappa shape index (κ1) is 15.8. The van der Waals surface area contributed by atoms with Crippen LogP contribution in [0.4, 0.5) is 4.79 Å². The predicted molar refractivity (Wildman–Crippen MR) is 74.0 cm³/mol. The van der Waals surface area contributed by atoms with E-state index < -0.39 is 5.97 Å². The monoisotopic (exact) mass is 270 g/mol. The molecular formula is C14H26N2O3. The largest absolute Gasteiger partial charge is 0.481 e. The zero-order valence-electron chi connectivity index (χ0n) is 12.4. The molecule has 1 aliphatic carbocycles. The van der Waals surface area contributed by atoms with E-state index in [9.17, 15) is 9.59 Å². The smallest absolute Gasteiger partial charge is 0.318 e. The normalized spacial score (nSPS) is 17.5. The van der Waals surface area contributed by atoms with Gasteiger partial charge in [-0.25, -0.2) is 4.79 Å². The zero-order chi connectivity index (χ0) is 14.6. The molecule has 1 saturated carbocycles. The van der Waals surface area contributed by atoms with Crippen LogP contribution < -0.4 is 5.32 Å². The van der Waals surface area contributed by atoms with Crippen molar-refractivity contribution in [3.05, 3.63) is 0 Å². The molecule has 5 heteroatoms. The second kappa shape index (κ2) is 6.26. The second-order valence-corrected chi connectivity index (χ2v) is 6.40. The maximum atomic E-state index is 12.3. The highest BCUT2D eigenvalue weighted by atomic mass is 16.4. The van der Waals surface area contributed by atoms with E-state index in [4.69, 9.17) is 5.11 Å². The van der Waals surface area contributed by atoms with E-state index in [-0.39, 0.29) is 30.6 Å². The Morgan fingerprint density at radius 3 is 2.32 bits per heavy atom. The first-order valence-electron chi connectivity index (χ1n) is 7.01. The van der Waals surface area contributed by atoms with Crippen LogP contribution in [0.2, 0.25) is 0 Å². The van der Waals surface area contributed by atoms with Crippen LogP contribution in [0, 0.1) is 5.92 Å². The predicted octanol–water partition coefficient (Wildman–Crippen LogP) is 2.46. The molecule has 19 heavy (non-hydrogen) atoms. The highest BCUT2D eigenvalue weighted by molar-refractivity contribution is 5.76. The van der Waals surface area contributed by atoms with Gasteiger partial charge >= 0.3 is 12.0 Å². The van der Waals surface area contributed by atoms with Crippen molar-refractivity contribution < 1.29 is 14.7 Å². The molecule has 1 rings (SSSR count). The highest BCUT2D eigenvalue weighted by Crippen LogP contribution is 2.29. The van der Waals surface area contributed by atoms with E-state index in [2.05, 4.69) is 5.32 Å². The fraction of sp³-hybridized carbons (Fsp3) is 0.857. The van der Waals surface area contributed by atoms with E-state index in [1.54, 1.807) is 4.90 Å². The fourth-order valence-corrected chi connectivity index (χ4v) is 2.28. The first-order chi connectivity index (χ1) is 8.71. The van der Waals surface area contributed by atoms with Gasteiger partial charge in [0.1, 0.15) is 0 Å². The van der Waals surface area contributed by atoms with Crippen molar-refractivity contribution in [3.63, 3.8) is 0 Å². The number of rotatable bonds is 5. The minimum Gasteiger partial charge on any atom is -0.481 e. The van der Waals surface area contributed by atoms with Crippen LogP contribution in [0.5, 0.6) is 0 Å². The maximum Gasteiger partial charge on any atom is 0.318 e. The van der Waals surface area contributed by atoms with E-state index >= 15 is 0 Å². The molecule has 0 bridgehead atoms. The maximum absolute atomic E-state index is 12.3. The number of nitrogens with zero attached hydrogens (tertiary/aromatic N) is 1. The number of amides is 2. The molecule has 0 aliphatic heterocycles. The molecule has 0 spiro atoms. The van der Waals surface area contributed by atoms with Crippen LogP contribution in [0.1, 0.15) is 53.4 Å². The summed E-state index contributed by atoms with van der Waals surface area (Å²) in [4.78, 5) is 24.6.